The molecule has 0 rings (SSSR count). The maximum absolute atomic E-state index is 11.3. The van der Waals surface area contributed by atoms with Crippen molar-refractivity contribution in [2.75, 3.05) is 13.1 Å². The average Bonchev–Trinajstić information content (AvgIpc) is 2.25. The number of carbonyl (C=O) groups excluding carboxylic acids is 1. The summed E-state index contributed by atoms with van der Waals surface area (Å²) in [4.78, 5) is 22.1. The Morgan fingerprint density at radius 1 is 1.35 bits per heavy atom. The van der Waals surface area contributed by atoms with E-state index < -0.39 is 17.9 Å². The highest BCUT2D eigenvalue weighted by Crippen LogP contribution is 2.00. The third-order valence-electron chi connectivity index (χ3n) is 2.02. The van der Waals surface area contributed by atoms with Gasteiger partial charge >= 0.3 is 5.97 Å². The first-order valence-corrected chi connectivity index (χ1v) is 5.27. The molecule has 0 aliphatic carbocycles. The summed E-state index contributed by atoms with van der Waals surface area (Å²) in [5.74, 6) is -1.94. The minimum absolute atomic E-state index is 0.212. The van der Waals surface area contributed by atoms with E-state index in [0.29, 0.717) is 25.8 Å². The molecule has 0 aromatic rings. The van der Waals surface area contributed by atoms with Crippen molar-refractivity contribution in [1.29, 1.82) is 5.41 Å². The van der Waals surface area contributed by atoms with Crippen LogP contribution in [0.1, 0.15) is 19.3 Å². The van der Waals surface area contributed by atoms with Crippen molar-refractivity contribution >= 4 is 17.8 Å². The van der Waals surface area contributed by atoms with E-state index in [9.17, 15) is 9.59 Å². The summed E-state index contributed by atoms with van der Waals surface area (Å²) in [6.45, 7) is 0.280. The molecule has 0 spiro atoms. The van der Waals surface area contributed by atoms with E-state index in [1.807, 2.05) is 0 Å². The molecule has 0 fully saturated rings. The normalized spacial score (nSPS) is 11.6. The number of rotatable bonds is 8. The first-order chi connectivity index (χ1) is 7.97. The highest BCUT2D eigenvalue weighted by molar-refractivity contribution is 5.87. The zero-order valence-corrected chi connectivity index (χ0v) is 9.53. The van der Waals surface area contributed by atoms with Crippen LogP contribution in [-0.2, 0) is 9.59 Å². The van der Waals surface area contributed by atoms with Gasteiger partial charge in [0.25, 0.3) is 0 Å². The minimum atomic E-state index is -1.09. The van der Waals surface area contributed by atoms with Crippen molar-refractivity contribution in [3.63, 3.8) is 0 Å². The van der Waals surface area contributed by atoms with Gasteiger partial charge in [0.05, 0.1) is 6.54 Å². The number of nitrogens with two attached hydrogens (primary N) is 2. The lowest BCUT2D eigenvalue weighted by Crippen LogP contribution is -2.46. The van der Waals surface area contributed by atoms with Gasteiger partial charge in [-0.15, -0.1) is 0 Å². The molecule has 0 aliphatic heterocycles. The predicted octanol–water partition coefficient (Wildman–Crippen LogP) is -1.83. The van der Waals surface area contributed by atoms with Crippen LogP contribution in [0.25, 0.3) is 0 Å². The van der Waals surface area contributed by atoms with Gasteiger partial charge < -0.3 is 27.2 Å². The number of hydrogen-bond donors (Lipinski definition) is 6. The quantitative estimate of drug-likeness (QED) is 0.168. The summed E-state index contributed by atoms with van der Waals surface area (Å²) in [6, 6.07) is -0.928. The molecule has 0 heterocycles. The lowest BCUT2D eigenvalue weighted by Gasteiger charge is -2.14. The van der Waals surface area contributed by atoms with Gasteiger partial charge in [0.15, 0.2) is 5.96 Å². The van der Waals surface area contributed by atoms with Crippen LogP contribution in [-0.4, -0.2) is 42.1 Å². The number of nitrogens with one attached hydrogen (secondary N) is 3. The Kier molecular flexibility index (Phi) is 7.44. The summed E-state index contributed by atoms with van der Waals surface area (Å²) in [7, 11) is 0. The third-order valence-corrected chi connectivity index (χ3v) is 2.02. The van der Waals surface area contributed by atoms with Crippen LogP contribution >= 0.6 is 0 Å². The van der Waals surface area contributed by atoms with E-state index in [2.05, 4.69) is 10.6 Å². The van der Waals surface area contributed by atoms with Crippen molar-refractivity contribution in [1.82, 2.24) is 10.6 Å². The minimum Gasteiger partial charge on any atom is -0.480 e. The Labute approximate surface area is 99.2 Å². The molecular weight excluding hydrogens is 226 g/mol. The van der Waals surface area contributed by atoms with Crippen LogP contribution < -0.4 is 22.1 Å². The number of carboxylic acids is 1. The molecule has 1 amide bonds. The predicted molar refractivity (Wildman–Crippen MR) is 62.4 cm³/mol. The van der Waals surface area contributed by atoms with E-state index >= 15 is 0 Å². The molecule has 0 saturated carbocycles. The van der Waals surface area contributed by atoms with Crippen LogP contribution in [0.15, 0.2) is 0 Å². The molecular formula is C9H19N5O3. The summed E-state index contributed by atoms with van der Waals surface area (Å²) in [6.07, 6.45) is 1.68. The Bertz CT molecular complexity index is 282. The van der Waals surface area contributed by atoms with Crippen molar-refractivity contribution in [3.8, 4) is 0 Å². The summed E-state index contributed by atoms with van der Waals surface area (Å²) >= 11 is 0. The van der Waals surface area contributed by atoms with Gasteiger partial charge in [-0.1, -0.05) is 0 Å². The number of amides is 1. The standard InChI is InChI=1S/C9H19N5O3/c10-4-2-1-3-6(8(16)17)14-7(15)5-13-9(11)12/h6H,1-5,10H2,(H,14,15)(H,16,17)(H4,11,12,13)/t6-/m0/s1. The van der Waals surface area contributed by atoms with Gasteiger partial charge in [-0.3, -0.25) is 10.2 Å². The fourth-order valence-electron chi connectivity index (χ4n) is 1.17. The van der Waals surface area contributed by atoms with Crippen LogP contribution in [0, 0.1) is 5.41 Å². The van der Waals surface area contributed by atoms with Gasteiger partial charge in [-0.25, -0.2) is 4.79 Å². The molecule has 98 valence electrons. The van der Waals surface area contributed by atoms with Crippen LogP contribution in [0.5, 0.6) is 0 Å². The summed E-state index contributed by atoms with van der Waals surface area (Å²) < 4.78 is 0. The van der Waals surface area contributed by atoms with E-state index in [-0.39, 0.29) is 12.5 Å². The third kappa shape index (κ3) is 8.03. The molecule has 17 heavy (non-hydrogen) atoms. The van der Waals surface area contributed by atoms with Gasteiger partial charge in [0.1, 0.15) is 6.04 Å². The highest BCUT2D eigenvalue weighted by atomic mass is 16.4. The smallest absolute Gasteiger partial charge is 0.326 e. The van der Waals surface area contributed by atoms with Gasteiger partial charge in [-0.2, -0.15) is 0 Å². The second kappa shape index (κ2) is 8.34. The summed E-state index contributed by atoms with van der Waals surface area (Å²) in [5, 5.41) is 20.3. The molecule has 0 aromatic carbocycles. The number of carboxylic acid groups (broad SMARTS) is 1. The van der Waals surface area contributed by atoms with E-state index in [0.717, 1.165) is 0 Å². The highest BCUT2D eigenvalue weighted by Gasteiger charge is 2.18. The Balaban J connectivity index is 4.02. The molecule has 8 nitrogen and oxygen atoms in total. The first kappa shape index (κ1) is 15.2. The van der Waals surface area contributed by atoms with Crippen molar-refractivity contribution in [2.45, 2.75) is 25.3 Å². The molecule has 0 unspecified atom stereocenters. The topological polar surface area (TPSA) is 154 Å². The number of hydrogen-bond acceptors (Lipinski definition) is 4. The average molecular weight is 245 g/mol. The monoisotopic (exact) mass is 245 g/mol. The molecule has 1 atom stereocenters. The number of guanidine groups is 1. The SMILES string of the molecule is N=C(N)NCC(=O)N[C@@H](CCCCN)C(=O)O. The fraction of sp³-hybridized carbons (Fsp3) is 0.667. The van der Waals surface area contributed by atoms with Crippen molar-refractivity contribution < 1.29 is 14.7 Å². The van der Waals surface area contributed by atoms with Crippen molar-refractivity contribution in [3.05, 3.63) is 0 Å². The van der Waals surface area contributed by atoms with E-state index in [1.54, 1.807) is 0 Å². The van der Waals surface area contributed by atoms with Crippen LogP contribution in [0.2, 0.25) is 0 Å². The molecule has 0 aliphatic rings. The molecule has 0 saturated heterocycles. The lowest BCUT2D eigenvalue weighted by molar-refractivity contribution is -0.141. The summed E-state index contributed by atoms with van der Waals surface area (Å²) in [5.41, 5.74) is 10.3. The van der Waals surface area contributed by atoms with E-state index in [4.69, 9.17) is 22.0 Å². The zero-order chi connectivity index (χ0) is 13.3. The lowest BCUT2D eigenvalue weighted by atomic mass is 10.1. The molecule has 0 bridgehead atoms. The maximum atomic E-state index is 11.3. The van der Waals surface area contributed by atoms with Crippen LogP contribution in [0.3, 0.4) is 0 Å². The van der Waals surface area contributed by atoms with Crippen molar-refractivity contribution in [2.24, 2.45) is 11.5 Å². The molecule has 0 radical (unpaired) electrons. The molecule has 8 heteroatoms. The Morgan fingerprint density at radius 3 is 2.47 bits per heavy atom. The number of carbonyl (C=O) groups is 2. The second-order valence-corrected chi connectivity index (χ2v) is 3.51. The second-order valence-electron chi connectivity index (χ2n) is 3.51. The molecule has 0 aromatic heterocycles. The van der Waals surface area contributed by atoms with Gasteiger partial charge in [0.2, 0.25) is 5.91 Å². The maximum Gasteiger partial charge on any atom is 0.326 e. The van der Waals surface area contributed by atoms with Gasteiger partial charge in [0, 0.05) is 0 Å². The van der Waals surface area contributed by atoms with Gasteiger partial charge in [-0.05, 0) is 25.8 Å². The van der Waals surface area contributed by atoms with Crippen LogP contribution in [0.4, 0.5) is 0 Å². The number of aliphatic carboxylic acids is 1. The van der Waals surface area contributed by atoms with E-state index in [1.165, 1.54) is 0 Å². The fourth-order valence-corrected chi connectivity index (χ4v) is 1.17. The molecule has 8 N–H and O–H groups in total. The first-order valence-electron chi connectivity index (χ1n) is 5.27. The Hall–Kier alpha value is -1.83. The Morgan fingerprint density at radius 2 is 2.00 bits per heavy atom. The number of unbranched alkanes of at least 4 members (excludes halogenated alkanes) is 1. The zero-order valence-electron chi connectivity index (χ0n) is 9.53. The largest absolute Gasteiger partial charge is 0.480 e.